The van der Waals surface area contributed by atoms with Gasteiger partial charge in [-0.3, -0.25) is 9.59 Å². The van der Waals surface area contributed by atoms with Gasteiger partial charge in [0.05, 0.1) is 17.5 Å². The molecule has 0 bridgehead atoms. The molecule has 0 radical (unpaired) electrons. The zero-order valence-electron chi connectivity index (χ0n) is 27.0. The standard InChI is InChI=1S/C36H45ClN2O6S/c1-6-9-23(3)24(4)46(42,43)38-35(41)27-12-16-34-32(19-27)39(20-28-11-14-30(28)33(7-2)45-25(5)40)21-36(22-44-34)17-8-10-26-18-29(37)13-15-31(26)36/h6-7,12-13,15-16,18-19,23-24,28,30,33H,1-2,8-11,14,17,20-22H2,3-5H3,(H,38,41)/t23-,24+,28-,30+,33-,36-/m0/s1. The van der Waals surface area contributed by atoms with Gasteiger partial charge in [0.25, 0.3) is 5.91 Å². The molecule has 3 aliphatic rings. The summed E-state index contributed by atoms with van der Waals surface area (Å²) in [6, 6.07) is 11.2. The van der Waals surface area contributed by atoms with Gasteiger partial charge >= 0.3 is 5.97 Å². The molecule has 248 valence electrons. The van der Waals surface area contributed by atoms with Crippen LogP contribution in [0, 0.1) is 17.8 Å². The molecule has 1 aliphatic heterocycles. The Morgan fingerprint density at radius 3 is 2.65 bits per heavy atom. The molecule has 5 rings (SSSR count). The van der Waals surface area contributed by atoms with Crippen molar-refractivity contribution in [3.8, 4) is 5.75 Å². The molecule has 2 aromatic carbocycles. The van der Waals surface area contributed by atoms with Crippen LogP contribution in [-0.4, -0.2) is 51.3 Å². The number of sulfonamides is 1. The fraction of sp³-hybridized carbons (Fsp3) is 0.500. The summed E-state index contributed by atoms with van der Waals surface area (Å²) in [4.78, 5) is 27.6. The maximum absolute atomic E-state index is 13.4. The van der Waals surface area contributed by atoms with E-state index in [4.69, 9.17) is 21.1 Å². The van der Waals surface area contributed by atoms with Crippen LogP contribution in [0.1, 0.15) is 74.4 Å². The van der Waals surface area contributed by atoms with Gasteiger partial charge in [-0.15, -0.1) is 6.58 Å². The highest BCUT2D eigenvalue weighted by atomic mass is 35.5. The predicted molar refractivity (Wildman–Crippen MR) is 182 cm³/mol. The first-order chi connectivity index (χ1) is 21.9. The second-order valence-corrected chi connectivity index (χ2v) is 15.8. The quantitative estimate of drug-likeness (QED) is 0.212. The van der Waals surface area contributed by atoms with E-state index in [1.165, 1.54) is 18.1 Å². The summed E-state index contributed by atoms with van der Waals surface area (Å²) in [6.45, 7) is 14.2. The Balaban J connectivity index is 1.49. The van der Waals surface area contributed by atoms with Gasteiger partial charge in [0.15, 0.2) is 0 Å². The minimum absolute atomic E-state index is 0.123. The van der Waals surface area contributed by atoms with E-state index < -0.39 is 21.2 Å². The van der Waals surface area contributed by atoms with E-state index in [2.05, 4.69) is 34.9 Å². The van der Waals surface area contributed by atoms with Crippen molar-refractivity contribution < 1.29 is 27.5 Å². The predicted octanol–water partition coefficient (Wildman–Crippen LogP) is 6.62. The number of anilines is 1. The molecule has 2 aromatic rings. The van der Waals surface area contributed by atoms with Gasteiger partial charge < -0.3 is 14.4 Å². The summed E-state index contributed by atoms with van der Waals surface area (Å²) in [5.74, 6) is -0.243. The van der Waals surface area contributed by atoms with Crippen molar-refractivity contribution in [3.63, 3.8) is 0 Å². The molecule has 1 N–H and O–H groups in total. The first kappa shape index (κ1) is 34.0. The van der Waals surface area contributed by atoms with Crippen LogP contribution in [0.25, 0.3) is 0 Å². The first-order valence-corrected chi connectivity index (χ1v) is 18.1. The van der Waals surface area contributed by atoms with Gasteiger partial charge in [-0.05, 0) is 98.7 Å². The average Bonchev–Trinajstić information content (AvgIpc) is 3.15. The van der Waals surface area contributed by atoms with Crippen molar-refractivity contribution in [2.45, 2.75) is 76.1 Å². The molecule has 0 aromatic heterocycles. The van der Waals surface area contributed by atoms with Gasteiger partial charge in [0.2, 0.25) is 10.0 Å². The van der Waals surface area contributed by atoms with Crippen LogP contribution in [0.5, 0.6) is 5.75 Å². The van der Waals surface area contributed by atoms with E-state index in [-0.39, 0.29) is 40.8 Å². The van der Waals surface area contributed by atoms with E-state index in [1.807, 2.05) is 13.0 Å². The van der Waals surface area contributed by atoms with Crippen LogP contribution in [-0.2, 0) is 31.4 Å². The Hall–Kier alpha value is -3.30. The lowest BCUT2D eigenvalue weighted by Crippen LogP contribution is -2.49. The minimum Gasteiger partial charge on any atom is -0.490 e. The molecule has 1 heterocycles. The third kappa shape index (κ3) is 7.00. The Kier molecular flexibility index (Phi) is 10.2. The maximum Gasteiger partial charge on any atom is 0.303 e. The number of halogens is 1. The lowest BCUT2D eigenvalue weighted by molar-refractivity contribution is -0.149. The number of allylic oxidation sites excluding steroid dienone is 1. The molecule has 10 heteroatoms. The van der Waals surface area contributed by atoms with Crippen molar-refractivity contribution in [2.24, 2.45) is 17.8 Å². The number of carbonyl (C=O) groups is 2. The first-order valence-electron chi connectivity index (χ1n) is 16.1. The third-order valence-electron chi connectivity index (χ3n) is 10.3. The van der Waals surface area contributed by atoms with E-state index in [0.29, 0.717) is 36.9 Å². The Morgan fingerprint density at radius 1 is 1.20 bits per heavy atom. The number of carbonyl (C=O) groups excluding carboxylic acids is 2. The van der Waals surface area contributed by atoms with Crippen LogP contribution in [0.4, 0.5) is 5.69 Å². The number of fused-ring (bicyclic) bond motifs is 3. The smallest absolute Gasteiger partial charge is 0.303 e. The number of benzene rings is 2. The van der Waals surface area contributed by atoms with Gasteiger partial charge in [-0.25, -0.2) is 13.1 Å². The fourth-order valence-corrected chi connectivity index (χ4v) is 8.82. The monoisotopic (exact) mass is 668 g/mol. The van der Waals surface area contributed by atoms with Gasteiger partial charge in [0.1, 0.15) is 11.9 Å². The van der Waals surface area contributed by atoms with Crippen LogP contribution in [0.15, 0.2) is 61.7 Å². The molecule has 1 amide bonds. The van der Waals surface area contributed by atoms with Crippen LogP contribution in [0.3, 0.4) is 0 Å². The van der Waals surface area contributed by atoms with E-state index in [1.54, 1.807) is 37.3 Å². The molecule has 1 spiro atoms. The zero-order chi connectivity index (χ0) is 33.2. The van der Waals surface area contributed by atoms with Crippen molar-refractivity contribution >= 4 is 39.2 Å². The Bertz CT molecular complexity index is 1610. The normalized spacial score (nSPS) is 24.1. The lowest BCUT2D eigenvalue weighted by Gasteiger charge is -2.45. The number of rotatable bonds is 11. The van der Waals surface area contributed by atoms with E-state index in [9.17, 15) is 18.0 Å². The number of ether oxygens (including phenoxy) is 2. The van der Waals surface area contributed by atoms with E-state index in [0.717, 1.165) is 37.8 Å². The van der Waals surface area contributed by atoms with Crippen LogP contribution < -0.4 is 14.4 Å². The molecule has 1 saturated carbocycles. The Labute approximate surface area is 278 Å². The second-order valence-electron chi connectivity index (χ2n) is 13.3. The summed E-state index contributed by atoms with van der Waals surface area (Å²) in [6.07, 6.45) is 8.27. The largest absolute Gasteiger partial charge is 0.490 e. The van der Waals surface area contributed by atoms with Gasteiger partial charge in [-0.1, -0.05) is 43.3 Å². The second kappa shape index (κ2) is 13.8. The molecule has 46 heavy (non-hydrogen) atoms. The fourth-order valence-electron chi connectivity index (χ4n) is 7.34. The molecule has 6 atom stereocenters. The minimum atomic E-state index is -3.93. The molecular formula is C36H45ClN2O6S. The molecule has 1 fully saturated rings. The summed E-state index contributed by atoms with van der Waals surface area (Å²) in [5, 5.41) is -0.0667. The molecule has 2 aliphatic carbocycles. The summed E-state index contributed by atoms with van der Waals surface area (Å²) >= 11 is 6.40. The number of hydrogen-bond acceptors (Lipinski definition) is 7. The van der Waals surface area contributed by atoms with Gasteiger partial charge in [0, 0.05) is 41.9 Å². The Morgan fingerprint density at radius 2 is 1.98 bits per heavy atom. The number of hydrogen-bond donors (Lipinski definition) is 1. The summed E-state index contributed by atoms with van der Waals surface area (Å²) in [7, 11) is -3.93. The molecule has 0 unspecified atom stereocenters. The highest BCUT2D eigenvalue weighted by Gasteiger charge is 2.44. The number of nitrogens with one attached hydrogen (secondary N) is 1. The van der Waals surface area contributed by atoms with Crippen molar-refractivity contribution in [1.82, 2.24) is 4.72 Å². The van der Waals surface area contributed by atoms with Crippen LogP contribution >= 0.6 is 11.6 Å². The molecule has 0 saturated heterocycles. The third-order valence-corrected chi connectivity index (χ3v) is 12.4. The molecule has 8 nitrogen and oxygen atoms in total. The van der Waals surface area contributed by atoms with Crippen LogP contribution in [0.2, 0.25) is 5.02 Å². The highest BCUT2D eigenvalue weighted by molar-refractivity contribution is 7.90. The van der Waals surface area contributed by atoms with Crippen molar-refractivity contribution in [2.75, 3.05) is 24.6 Å². The lowest BCUT2D eigenvalue weighted by atomic mass is 9.68. The maximum atomic E-state index is 13.4. The van der Waals surface area contributed by atoms with Crippen molar-refractivity contribution in [3.05, 3.63) is 83.4 Å². The van der Waals surface area contributed by atoms with Crippen molar-refractivity contribution in [1.29, 1.82) is 0 Å². The number of amides is 1. The highest BCUT2D eigenvalue weighted by Crippen LogP contribution is 2.47. The molecular weight excluding hydrogens is 624 g/mol. The topological polar surface area (TPSA) is 102 Å². The number of esters is 1. The zero-order valence-corrected chi connectivity index (χ0v) is 28.5. The van der Waals surface area contributed by atoms with Gasteiger partial charge in [-0.2, -0.15) is 0 Å². The average molecular weight is 669 g/mol. The summed E-state index contributed by atoms with van der Waals surface area (Å²) < 4.78 is 40.7. The summed E-state index contributed by atoms with van der Waals surface area (Å²) in [5.41, 5.74) is 3.11. The number of aryl methyl sites for hydroxylation is 1. The SMILES string of the molecule is C=CC[C@H](C)[C@@H](C)S(=O)(=O)NC(=O)c1ccc2c(c1)N(C[C@@H]1CC[C@H]1[C@H](C=C)OC(C)=O)C[C@@]1(CCCc3cc(Cl)ccc31)CO2. The van der Waals surface area contributed by atoms with E-state index >= 15 is 0 Å². The number of nitrogens with zero attached hydrogens (tertiary/aromatic N) is 1.